The van der Waals surface area contributed by atoms with E-state index in [4.69, 9.17) is 5.11 Å². The van der Waals surface area contributed by atoms with Gasteiger partial charge in [-0.25, -0.2) is 0 Å². The zero-order chi connectivity index (χ0) is 12.3. The standard InChI is InChI=1S/C12H19NO3S/c14-11(13-4-6-17-7-5-13)9-2-1-3-10(8-9)12(15)16/h9-10H,1-8H2,(H,15,16). The number of carbonyl (C=O) groups is 2. The first kappa shape index (κ1) is 12.7. The van der Waals surface area contributed by atoms with Crippen LogP contribution in [0.4, 0.5) is 0 Å². The van der Waals surface area contributed by atoms with E-state index in [-0.39, 0.29) is 17.7 Å². The number of thioether (sulfide) groups is 1. The smallest absolute Gasteiger partial charge is 0.306 e. The second kappa shape index (κ2) is 5.76. The molecule has 0 aromatic rings. The van der Waals surface area contributed by atoms with Gasteiger partial charge in [-0.05, 0) is 19.3 Å². The molecule has 1 saturated heterocycles. The topological polar surface area (TPSA) is 57.6 Å². The molecule has 2 unspecified atom stereocenters. The third-order valence-electron chi connectivity index (χ3n) is 3.70. The highest BCUT2D eigenvalue weighted by molar-refractivity contribution is 7.99. The van der Waals surface area contributed by atoms with E-state index in [1.807, 2.05) is 16.7 Å². The maximum atomic E-state index is 12.2. The Bertz CT molecular complexity index is 302. The molecule has 0 radical (unpaired) electrons. The van der Waals surface area contributed by atoms with Gasteiger partial charge in [-0.2, -0.15) is 11.8 Å². The van der Waals surface area contributed by atoms with E-state index in [0.717, 1.165) is 43.9 Å². The summed E-state index contributed by atoms with van der Waals surface area (Å²) in [5.74, 6) is 1.12. The summed E-state index contributed by atoms with van der Waals surface area (Å²) < 4.78 is 0. The normalized spacial score (nSPS) is 30.0. The zero-order valence-corrected chi connectivity index (χ0v) is 10.7. The van der Waals surface area contributed by atoms with Crippen LogP contribution in [0.15, 0.2) is 0 Å². The van der Waals surface area contributed by atoms with Crippen LogP contribution in [0.5, 0.6) is 0 Å². The Hall–Kier alpha value is -0.710. The predicted octanol–water partition coefficient (Wildman–Crippen LogP) is 1.45. The van der Waals surface area contributed by atoms with Crippen LogP contribution in [0.25, 0.3) is 0 Å². The van der Waals surface area contributed by atoms with Crippen LogP contribution in [0.3, 0.4) is 0 Å². The van der Waals surface area contributed by atoms with Gasteiger partial charge in [-0.1, -0.05) is 6.42 Å². The van der Waals surface area contributed by atoms with Gasteiger partial charge in [-0.3, -0.25) is 9.59 Å². The van der Waals surface area contributed by atoms with E-state index in [9.17, 15) is 9.59 Å². The minimum atomic E-state index is -0.739. The fraction of sp³-hybridized carbons (Fsp3) is 0.833. The van der Waals surface area contributed by atoms with Crippen LogP contribution >= 0.6 is 11.8 Å². The summed E-state index contributed by atoms with van der Waals surface area (Å²) in [5.41, 5.74) is 0. The molecule has 17 heavy (non-hydrogen) atoms. The van der Waals surface area contributed by atoms with E-state index >= 15 is 0 Å². The van der Waals surface area contributed by atoms with Crippen molar-refractivity contribution in [2.45, 2.75) is 25.7 Å². The van der Waals surface area contributed by atoms with Crippen molar-refractivity contribution in [1.29, 1.82) is 0 Å². The molecule has 0 aromatic carbocycles. The molecule has 96 valence electrons. The average molecular weight is 257 g/mol. The Morgan fingerprint density at radius 3 is 2.41 bits per heavy atom. The number of amides is 1. The van der Waals surface area contributed by atoms with Gasteiger partial charge in [0.2, 0.25) is 5.91 Å². The fourth-order valence-corrected chi connectivity index (χ4v) is 3.58. The molecule has 5 heteroatoms. The SMILES string of the molecule is O=C(O)C1CCCC(C(=O)N2CCSCC2)C1. The van der Waals surface area contributed by atoms with E-state index in [0.29, 0.717) is 6.42 Å². The zero-order valence-electron chi connectivity index (χ0n) is 9.93. The largest absolute Gasteiger partial charge is 0.481 e. The molecule has 1 saturated carbocycles. The molecule has 2 atom stereocenters. The number of nitrogens with zero attached hydrogens (tertiary/aromatic N) is 1. The highest BCUT2D eigenvalue weighted by atomic mass is 32.2. The van der Waals surface area contributed by atoms with Gasteiger partial charge in [0.15, 0.2) is 0 Å². The van der Waals surface area contributed by atoms with Crippen molar-refractivity contribution in [3.8, 4) is 0 Å². The number of hydrogen-bond donors (Lipinski definition) is 1. The molecular formula is C12H19NO3S. The highest BCUT2D eigenvalue weighted by Crippen LogP contribution is 2.31. The van der Waals surface area contributed by atoms with Gasteiger partial charge < -0.3 is 10.0 Å². The average Bonchev–Trinajstić information content (AvgIpc) is 2.39. The van der Waals surface area contributed by atoms with Crippen LogP contribution < -0.4 is 0 Å². The third-order valence-corrected chi connectivity index (χ3v) is 4.64. The molecule has 1 N–H and O–H groups in total. The van der Waals surface area contributed by atoms with Gasteiger partial charge >= 0.3 is 5.97 Å². The minimum absolute atomic E-state index is 0.0482. The molecule has 2 fully saturated rings. The molecule has 2 aliphatic rings. The fourth-order valence-electron chi connectivity index (χ4n) is 2.68. The molecule has 1 aliphatic heterocycles. The lowest BCUT2D eigenvalue weighted by Crippen LogP contribution is -2.43. The van der Waals surface area contributed by atoms with Gasteiger partial charge in [0.25, 0.3) is 0 Å². The molecule has 0 bridgehead atoms. The first-order valence-corrected chi connectivity index (χ1v) is 7.43. The van der Waals surface area contributed by atoms with Crippen molar-refractivity contribution in [3.05, 3.63) is 0 Å². The lowest BCUT2D eigenvalue weighted by molar-refractivity contribution is -0.145. The number of rotatable bonds is 2. The Labute approximate surface area is 106 Å². The van der Waals surface area contributed by atoms with E-state index < -0.39 is 5.97 Å². The van der Waals surface area contributed by atoms with Crippen LogP contribution in [-0.4, -0.2) is 46.5 Å². The van der Waals surface area contributed by atoms with Crippen LogP contribution in [-0.2, 0) is 9.59 Å². The minimum Gasteiger partial charge on any atom is -0.481 e. The first-order chi connectivity index (χ1) is 8.18. The van der Waals surface area contributed by atoms with Crippen molar-refractivity contribution in [3.63, 3.8) is 0 Å². The summed E-state index contributed by atoms with van der Waals surface area (Å²) in [5, 5.41) is 9.02. The van der Waals surface area contributed by atoms with Gasteiger partial charge in [0, 0.05) is 30.5 Å². The summed E-state index contributed by atoms with van der Waals surface area (Å²) in [6.07, 6.45) is 3.01. The predicted molar refractivity (Wildman–Crippen MR) is 67.0 cm³/mol. The Kier molecular flexibility index (Phi) is 4.31. The lowest BCUT2D eigenvalue weighted by atomic mass is 9.80. The van der Waals surface area contributed by atoms with E-state index in [1.165, 1.54) is 0 Å². The molecule has 4 nitrogen and oxygen atoms in total. The Morgan fingerprint density at radius 1 is 1.12 bits per heavy atom. The summed E-state index contributed by atoms with van der Waals surface area (Å²) in [4.78, 5) is 25.1. The van der Waals surface area contributed by atoms with Crippen molar-refractivity contribution >= 4 is 23.6 Å². The quantitative estimate of drug-likeness (QED) is 0.813. The Balaban J connectivity index is 1.91. The molecule has 1 heterocycles. The highest BCUT2D eigenvalue weighted by Gasteiger charge is 2.33. The second-order valence-corrected chi connectivity index (χ2v) is 6.06. The molecule has 1 aliphatic carbocycles. The van der Waals surface area contributed by atoms with Gasteiger partial charge in [-0.15, -0.1) is 0 Å². The van der Waals surface area contributed by atoms with Crippen LogP contribution in [0.2, 0.25) is 0 Å². The Morgan fingerprint density at radius 2 is 1.76 bits per heavy atom. The molecule has 0 aromatic heterocycles. The summed E-state index contributed by atoms with van der Waals surface area (Å²) in [7, 11) is 0. The molecule has 1 amide bonds. The number of hydrogen-bond acceptors (Lipinski definition) is 3. The van der Waals surface area contributed by atoms with Crippen LogP contribution in [0, 0.1) is 11.8 Å². The lowest BCUT2D eigenvalue weighted by Gasteiger charge is -2.33. The second-order valence-electron chi connectivity index (χ2n) is 4.84. The van der Waals surface area contributed by atoms with E-state index in [1.54, 1.807) is 0 Å². The van der Waals surface area contributed by atoms with E-state index in [2.05, 4.69) is 0 Å². The maximum Gasteiger partial charge on any atom is 0.306 e. The first-order valence-electron chi connectivity index (χ1n) is 6.28. The number of carboxylic acids is 1. The van der Waals surface area contributed by atoms with Gasteiger partial charge in [0.1, 0.15) is 0 Å². The van der Waals surface area contributed by atoms with Crippen molar-refractivity contribution in [2.75, 3.05) is 24.6 Å². The van der Waals surface area contributed by atoms with Crippen molar-refractivity contribution in [2.24, 2.45) is 11.8 Å². The van der Waals surface area contributed by atoms with Gasteiger partial charge in [0.05, 0.1) is 5.92 Å². The molecule has 0 spiro atoms. The summed E-state index contributed by atoms with van der Waals surface area (Å²) >= 11 is 1.88. The van der Waals surface area contributed by atoms with Crippen molar-refractivity contribution in [1.82, 2.24) is 4.90 Å². The monoisotopic (exact) mass is 257 g/mol. The van der Waals surface area contributed by atoms with Crippen LogP contribution in [0.1, 0.15) is 25.7 Å². The van der Waals surface area contributed by atoms with Crippen molar-refractivity contribution < 1.29 is 14.7 Å². The summed E-state index contributed by atoms with van der Waals surface area (Å²) in [6, 6.07) is 0. The molecule has 2 rings (SSSR count). The maximum absolute atomic E-state index is 12.2. The number of aliphatic carboxylic acids is 1. The third kappa shape index (κ3) is 3.15. The molecular weight excluding hydrogens is 238 g/mol. The number of carbonyl (C=O) groups excluding carboxylic acids is 1. The number of carboxylic acid groups (broad SMARTS) is 1. The summed E-state index contributed by atoms with van der Waals surface area (Å²) in [6.45, 7) is 1.66.